The molecule has 94 valence electrons. The number of benzene rings is 1. The van der Waals surface area contributed by atoms with E-state index >= 15 is 0 Å². The van der Waals surface area contributed by atoms with Crippen molar-refractivity contribution in [2.45, 2.75) is 19.3 Å². The molecule has 0 fully saturated rings. The number of amides is 1. The van der Waals surface area contributed by atoms with Crippen LogP contribution in [0.5, 0.6) is 0 Å². The molecule has 0 saturated heterocycles. The highest BCUT2D eigenvalue weighted by molar-refractivity contribution is 6.17. The van der Waals surface area contributed by atoms with Crippen molar-refractivity contribution >= 4 is 23.2 Å². The van der Waals surface area contributed by atoms with Gasteiger partial charge in [-0.15, -0.1) is 11.6 Å². The van der Waals surface area contributed by atoms with Crippen molar-refractivity contribution in [2.75, 3.05) is 11.2 Å². The van der Waals surface area contributed by atoms with E-state index in [1.807, 2.05) is 0 Å². The second kappa shape index (κ2) is 6.49. The Bertz CT molecular complexity index is 389. The quantitative estimate of drug-likeness (QED) is 0.641. The standard InChI is InChI=1S/C11H11ClF3NO/c12-4-2-1-3-10(17)16-11-8(14)5-7(13)6-9(11)15/h5-6H,1-4H2,(H,16,17). The van der Waals surface area contributed by atoms with Crippen molar-refractivity contribution in [1.29, 1.82) is 0 Å². The van der Waals surface area contributed by atoms with Crippen LogP contribution >= 0.6 is 11.6 Å². The first-order chi connectivity index (χ1) is 8.04. The molecule has 0 aromatic heterocycles. The van der Waals surface area contributed by atoms with Gasteiger partial charge < -0.3 is 5.32 Å². The fraction of sp³-hybridized carbons (Fsp3) is 0.364. The Hall–Kier alpha value is -1.23. The minimum absolute atomic E-state index is 0.114. The zero-order chi connectivity index (χ0) is 12.8. The summed E-state index contributed by atoms with van der Waals surface area (Å²) in [7, 11) is 0. The van der Waals surface area contributed by atoms with E-state index in [9.17, 15) is 18.0 Å². The van der Waals surface area contributed by atoms with Crippen LogP contribution in [0.4, 0.5) is 18.9 Å². The Morgan fingerprint density at radius 3 is 2.29 bits per heavy atom. The molecule has 0 radical (unpaired) electrons. The molecule has 1 N–H and O–H groups in total. The normalized spacial score (nSPS) is 10.4. The molecule has 1 rings (SSSR count). The van der Waals surface area contributed by atoms with Gasteiger partial charge in [0.15, 0.2) is 11.6 Å². The van der Waals surface area contributed by atoms with E-state index in [0.717, 1.165) is 0 Å². The Balaban J connectivity index is 2.65. The molecule has 1 amide bonds. The number of anilines is 1. The highest BCUT2D eigenvalue weighted by atomic mass is 35.5. The Kier molecular flexibility index (Phi) is 5.28. The van der Waals surface area contributed by atoms with Crippen molar-refractivity contribution in [2.24, 2.45) is 0 Å². The second-order valence-corrected chi connectivity index (χ2v) is 3.82. The molecule has 0 unspecified atom stereocenters. The lowest BCUT2D eigenvalue weighted by Crippen LogP contribution is -2.14. The van der Waals surface area contributed by atoms with E-state index in [1.165, 1.54) is 0 Å². The predicted molar refractivity (Wildman–Crippen MR) is 59.5 cm³/mol. The number of rotatable bonds is 5. The van der Waals surface area contributed by atoms with E-state index in [0.29, 0.717) is 30.9 Å². The third-order valence-corrected chi connectivity index (χ3v) is 2.33. The van der Waals surface area contributed by atoms with Crippen LogP contribution in [-0.2, 0) is 4.79 Å². The van der Waals surface area contributed by atoms with E-state index < -0.39 is 29.0 Å². The largest absolute Gasteiger partial charge is 0.321 e. The Morgan fingerprint density at radius 2 is 1.76 bits per heavy atom. The van der Waals surface area contributed by atoms with Gasteiger partial charge in [-0.05, 0) is 12.8 Å². The third kappa shape index (κ3) is 4.26. The molecule has 0 bridgehead atoms. The molecule has 1 aromatic rings. The topological polar surface area (TPSA) is 29.1 Å². The maximum atomic E-state index is 13.1. The Labute approximate surface area is 102 Å². The molecule has 0 heterocycles. The predicted octanol–water partition coefficient (Wildman–Crippen LogP) is 3.45. The summed E-state index contributed by atoms with van der Waals surface area (Å²) in [6.07, 6.45) is 1.28. The maximum absolute atomic E-state index is 13.1. The maximum Gasteiger partial charge on any atom is 0.224 e. The summed E-state index contributed by atoms with van der Waals surface area (Å²) in [4.78, 5) is 11.3. The van der Waals surface area contributed by atoms with E-state index in [-0.39, 0.29) is 6.42 Å². The average Bonchev–Trinajstić information content (AvgIpc) is 2.24. The Morgan fingerprint density at radius 1 is 1.18 bits per heavy atom. The van der Waals surface area contributed by atoms with Crippen molar-refractivity contribution in [3.05, 3.63) is 29.6 Å². The van der Waals surface area contributed by atoms with Gasteiger partial charge in [-0.3, -0.25) is 4.79 Å². The van der Waals surface area contributed by atoms with Crippen molar-refractivity contribution in [1.82, 2.24) is 0 Å². The van der Waals surface area contributed by atoms with Crippen LogP contribution in [0.3, 0.4) is 0 Å². The van der Waals surface area contributed by atoms with Crippen molar-refractivity contribution < 1.29 is 18.0 Å². The summed E-state index contributed by atoms with van der Waals surface area (Å²) in [5.41, 5.74) is -0.623. The summed E-state index contributed by atoms with van der Waals surface area (Å²) in [6.45, 7) is 0. The number of unbranched alkanes of at least 4 members (excludes halogenated alkanes) is 1. The molecule has 0 saturated carbocycles. The monoisotopic (exact) mass is 265 g/mol. The van der Waals surface area contributed by atoms with Gasteiger partial charge in [-0.2, -0.15) is 0 Å². The summed E-state index contributed by atoms with van der Waals surface area (Å²) in [6, 6.07) is 1.02. The molecule has 6 heteroatoms. The van der Waals surface area contributed by atoms with Crippen LogP contribution in [0.1, 0.15) is 19.3 Å². The first kappa shape index (κ1) is 13.8. The first-order valence-electron chi connectivity index (χ1n) is 5.05. The van der Waals surface area contributed by atoms with Crippen LogP contribution in [-0.4, -0.2) is 11.8 Å². The lowest BCUT2D eigenvalue weighted by molar-refractivity contribution is -0.116. The van der Waals surface area contributed by atoms with Gasteiger partial charge in [-0.1, -0.05) is 0 Å². The van der Waals surface area contributed by atoms with Gasteiger partial charge in [0.25, 0.3) is 0 Å². The van der Waals surface area contributed by atoms with Gasteiger partial charge in [-0.25, -0.2) is 13.2 Å². The molecule has 0 aliphatic rings. The summed E-state index contributed by atoms with van der Waals surface area (Å²) >= 11 is 5.42. The zero-order valence-corrected chi connectivity index (χ0v) is 9.66. The fourth-order valence-electron chi connectivity index (χ4n) is 1.24. The van der Waals surface area contributed by atoms with Gasteiger partial charge >= 0.3 is 0 Å². The molecule has 0 atom stereocenters. The summed E-state index contributed by atoms with van der Waals surface area (Å²) < 4.78 is 38.9. The smallest absolute Gasteiger partial charge is 0.224 e. The van der Waals surface area contributed by atoms with Crippen molar-refractivity contribution in [3.63, 3.8) is 0 Å². The molecule has 17 heavy (non-hydrogen) atoms. The van der Waals surface area contributed by atoms with Crippen LogP contribution < -0.4 is 5.32 Å². The van der Waals surface area contributed by atoms with Gasteiger partial charge in [0.05, 0.1) is 0 Å². The van der Waals surface area contributed by atoms with Gasteiger partial charge in [0.1, 0.15) is 11.5 Å². The highest BCUT2D eigenvalue weighted by Gasteiger charge is 2.13. The zero-order valence-electron chi connectivity index (χ0n) is 8.90. The third-order valence-electron chi connectivity index (χ3n) is 2.06. The second-order valence-electron chi connectivity index (χ2n) is 3.44. The molecule has 0 aliphatic carbocycles. The lowest BCUT2D eigenvalue weighted by Gasteiger charge is -2.07. The highest BCUT2D eigenvalue weighted by Crippen LogP contribution is 2.20. The van der Waals surface area contributed by atoms with Crippen LogP contribution in [0.15, 0.2) is 12.1 Å². The molecule has 1 aromatic carbocycles. The minimum Gasteiger partial charge on any atom is -0.321 e. The van der Waals surface area contributed by atoms with E-state index in [2.05, 4.69) is 5.32 Å². The summed E-state index contributed by atoms with van der Waals surface area (Å²) in [5.74, 6) is -3.40. The van der Waals surface area contributed by atoms with Crippen LogP contribution in [0, 0.1) is 17.5 Å². The average molecular weight is 266 g/mol. The van der Waals surface area contributed by atoms with E-state index in [1.54, 1.807) is 0 Å². The molecule has 0 aliphatic heterocycles. The minimum atomic E-state index is -1.13. The number of carbonyl (C=O) groups is 1. The summed E-state index contributed by atoms with van der Waals surface area (Å²) in [5, 5.41) is 2.07. The SMILES string of the molecule is O=C(CCCCCl)Nc1c(F)cc(F)cc1F. The number of hydrogen-bond donors (Lipinski definition) is 1. The number of alkyl halides is 1. The van der Waals surface area contributed by atoms with E-state index in [4.69, 9.17) is 11.6 Å². The van der Waals surface area contributed by atoms with Crippen LogP contribution in [0.25, 0.3) is 0 Å². The first-order valence-corrected chi connectivity index (χ1v) is 5.58. The molecular formula is C11H11ClF3NO. The van der Waals surface area contributed by atoms with Crippen LogP contribution in [0.2, 0.25) is 0 Å². The molecule has 0 spiro atoms. The van der Waals surface area contributed by atoms with Gasteiger partial charge in [0.2, 0.25) is 5.91 Å². The molecular weight excluding hydrogens is 255 g/mol. The lowest BCUT2D eigenvalue weighted by atomic mass is 10.2. The molecule has 2 nitrogen and oxygen atoms in total. The number of carbonyl (C=O) groups excluding carboxylic acids is 1. The fourth-order valence-corrected chi connectivity index (χ4v) is 1.43. The van der Waals surface area contributed by atoms with Crippen molar-refractivity contribution in [3.8, 4) is 0 Å². The van der Waals surface area contributed by atoms with Gasteiger partial charge in [0, 0.05) is 24.4 Å². The number of halogens is 4. The number of hydrogen-bond acceptors (Lipinski definition) is 1. The number of nitrogens with one attached hydrogen (secondary N) is 1.